The lowest BCUT2D eigenvalue weighted by Gasteiger charge is -2.16. The van der Waals surface area contributed by atoms with Crippen LogP contribution in [-0.2, 0) is 9.47 Å². The lowest BCUT2D eigenvalue weighted by atomic mass is 10.1. The Bertz CT molecular complexity index is 734. The van der Waals surface area contributed by atoms with Gasteiger partial charge < -0.3 is 30.1 Å². The molecule has 4 rings (SSSR count). The Kier molecular flexibility index (Phi) is 4.52. The molecule has 136 valence electrons. The molecule has 5 atom stereocenters. The van der Waals surface area contributed by atoms with Crippen LogP contribution in [-0.4, -0.2) is 79.0 Å². The van der Waals surface area contributed by atoms with Crippen molar-refractivity contribution < 1.29 is 24.8 Å². The molecule has 0 aliphatic carbocycles. The minimum Gasteiger partial charge on any atom is -0.394 e. The van der Waals surface area contributed by atoms with Crippen LogP contribution in [0.15, 0.2) is 12.7 Å². The Hall–Kier alpha value is -1.85. The number of anilines is 1. The average Bonchev–Trinajstić information content (AvgIpc) is 3.34. The van der Waals surface area contributed by atoms with Gasteiger partial charge in [0.05, 0.1) is 19.0 Å². The Balaban J connectivity index is 1.58. The molecule has 2 fully saturated rings. The second-order valence-electron chi connectivity index (χ2n) is 6.29. The summed E-state index contributed by atoms with van der Waals surface area (Å²) in [4.78, 5) is 12.8. The fraction of sp³-hybridized carbons (Fsp3) is 0.667. The van der Waals surface area contributed by atoms with Crippen LogP contribution in [0, 0.1) is 0 Å². The number of aliphatic hydroxyl groups excluding tert-OH is 3. The van der Waals surface area contributed by atoms with Crippen LogP contribution in [0.3, 0.4) is 0 Å². The predicted molar refractivity (Wildman–Crippen MR) is 85.8 cm³/mol. The van der Waals surface area contributed by atoms with E-state index in [1.807, 2.05) is 0 Å². The molecule has 0 saturated carbocycles. The third kappa shape index (κ3) is 2.96. The van der Waals surface area contributed by atoms with Gasteiger partial charge in [0.25, 0.3) is 0 Å². The highest BCUT2D eigenvalue weighted by molar-refractivity contribution is 5.82. The lowest BCUT2D eigenvalue weighted by Crippen LogP contribution is -2.33. The van der Waals surface area contributed by atoms with Crippen molar-refractivity contribution in [2.24, 2.45) is 0 Å². The topological polar surface area (TPSA) is 135 Å². The maximum Gasteiger partial charge on any atom is 0.167 e. The predicted octanol–water partition coefficient (Wildman–Crippen LogP) is -0.971. The third-order valence-corrected chi connectivity index (χ3v) is 4.67. The van der Waals surface area contributed by atoms with E-state index in [0.717, 1.165) is 19.4 Å². The maximum absolute atomic E-state index is 10.2. The van der Waals surface area contributed by atoms with Crippen LogP contribution in [0.1, 0.15) is 19.1 Å². The van der Waals surface area contributed by atoms with E-state index in [9.17, 15) is 15.3 Å². The van der Waals surface area contributed by atoms with Gasteiger partial charge in [-0.3, -0.25) is 4.57 Å². The van der Waals surface area contributed by atoms with E-state index in [1.165, 1.54) is 17.2 Å². The zero-order valence-electron chi connectivity index (χ0n) is 13.5. The van der Waals surface area contributed by atoms with Gasteiger partial charge in [-0.1, -0.05) is 0 Å². The summed E-state index contributed by atoms with van der Waals surface area (Å²) in [5.74, 6) is 0.575. The van der Waals surface area contributed by atoms with Gasteiger partial charge in [-0.15, -0.1) is 0 Å². The molecule has 0 spiro atoms. The van der Waals surface area contributed by atoms with Gasteiger partial charge in [-0.05, 0) is 12.8 Å². The molecule has 2 saturated heterocycles. The van der Waals surface area contributed by atoms with Crippen LogP contribution in [0.5, 0.6) is 0 Å². The third-order valence-electron chi connectivity index (χ3n) is 4.67. The first kappa shape index (κ1) is 16.6. The number of fused-ring (bicyclic) bond motifs is 1. The Morgan fingerprint density at radius 2 is 2.12 bits per heavy atom. The van der Waals surface area contributed by atoms with Crippen LogP contribution < -0.4 is 5.32 Å². The van der Waals surface area contributed by atoms with E-state index in [0.29, 0.717) is 23.5 Å². The molecular formula is C15H21N5O5. The van der Waals surface area contributed by atoms with Crippen LogP contribution in [0.25, 0.3) is 11.2 Å². The van der Waals surface area contributed by atoms with Gasteiger partial charge in [-0.2, -0.15) is 0 Å². The van der Waals surface area contributed by atoms with E-state index in [-0.39, 0.29) is 12.7 Å². The Morgan fingerprint density at radius 1 is 1.24 bits per heavy atom. The van der Waals surface area contributed by atoms with E-state index in [2.05, 4.69) is 20.3 Å². The first-order chi connectivity index (χ1) is 12.2. The summed E-state index contributed by atoms with van der Waals surface area (Å²) in [7, 11) is 0. The summed E-state index contributed by atoms with van der Waals surface area (Å²) in [6.07, 6.45) is 1.03. The van der Waals surface area contributed by atoms with Crippen molar-refractivity contribution in [2.75, 3.05) is 25.1 Å². The Labute approximate surface area is 143 Å². The number of hydrogen-bond acceptors (Lipinski definition) is 9. The fourth-order valence-corrected chi connectivity index (χ4v) is 3.29. The van der Waals surface area contributed by atoms with Gasteiger partial charge in [0, 0.05) is 13.2 Å². The standard InChI is InChI=1S/C15H21N5O5/c21-5-9-11(22)12(23)15(25-9)20-7-19-10-13(17-6-18-14(10)20)16-4-8-2-1-3-24-8/h6-9,11-12,15,21-23H,1-5H2,(H,16,17,18)/t8?,9-,11-,12-,15?/m1/s1. The first-order valence-electron chi connectivity index (χ1n) is 8.34. The van der Waals surface area contributed by atoms with E-state index >= 15 is 0 Å². The minimum absolute atomic E-state index is 0.160. The second-order valence-corrected chi connectivity index (χ2v) is 6.29. The van der Waals surface area contributed by atoms with Crippen molar-refractivity contribution in [1.82, 2.24) is 19.5 Å². The molecule has 2 aromatic rings. The summed E-state index contributed by atoms with van der Waals surface area (Å²) in [6.45, 7) is 1.03. The first-order valence-corrected chi connectivity index (χ1v) is 8.34. The SMILES string of the molecule is OC[C@H]1OC(n2cnc3c(NCC4CCCO4)ncnc32)[C@H](O)[C@@H]1O. The number of aromatic nitrogens is 4. The molecule has 0 radical (unpaired) electrons. The summed E-state index contributed by atoms with van der Waals surface area (Å²) < 4.78 is 12.7. The molecule has 4 N–H and O–H groups in total. The van der Waals surface area contributed by atoms with E-state index in [1.54, 1.807) is 0 Å². The van der Waals surface area contributed by atoms with Crippen molar-refractivity contribution in [3.05, 3.63) is 12.7 Å². The summed E-state index contributed by atoms with van der Waals surface area (Å²) in [5.41, 5.74) is 1.01. The monoisotopic (exact) mass is 351 g/mol. The smallest absolute Gasteiger partial charge is 0.167 e. The molecule has 0 aromatic carbocycles. The number of aliphatic hydroxyl groups is 3. The van der Waals surface area contributed by atoms with Crippen molar-refractivity contribution in [3.8, 4) is 0 Å². The van der Waals surface area contributed by atoms with Crippen LogP contribution >= 0.6 is 0 Å². The largest absolute Gasteiger partial charge is 0.394 e. The van der Waals surface area contributed by atoms with Crippen molar-refractivity contribution in [1.29, 1.82) is 0 Å². The van der Waals surface area contributed by atoms with Crippen LogP contribution in [0.2, 0.25) is 0 Å². The van der Waals surface area contributed by atoms with Gasteiger partial charge in [0.15, 0.2) is 23.2 Å². The number of rotatable bonds is 5. The molecule has 10 heteroatoms. The molecule has 2 aliphatic rings. The van der Waals surface area contributed by atoms with Crippen LogP contribution in [0.4, 0.5) is 5.82 Å². The average molecular weight is 351 g/mol. The Morgan fingerprint density at radius 3 is 2.84 bits per heavy atom. The molecule has 25 heavy (non-hydrogen) atoms. The number of nitrogens with zero attached hydrogens (tertiary/aromatic N) is 4. The molecule has 10 nitrogen and oxygen atoms in total. The highest BCUT2D eigenvalue weighted by Gasteiger charge is 2.44. The fourth-order valence-electron chi connectivity index (χ4n) is 3.29. The highest BCUT2D eigenvalue weighted by Crippen LogP contribution is 2.32. The van der Waals surface area contributed by atoms with Gasteiger partial charge in [0.1, 0.15) is 24.6 Å². The van der Waals surface area contributed by atoms with Gasteiger partial charge >= 0.3 is 0 Å². The highest BCUT2D eigenvalue weighted by atomic mass is 16.6. The van der Waals surface area contributed by atoms with Gasteiger partial charge in [0.2, 0.25) is 0 Å². The molecule has 2 aromatic heterocycles. The number of hydrogen-bond donors (Lipinski definition) is 4. The van der Waals surface area contributed by atoms with E-state index < -0.39 is 24.5 Å². The molecular weight excluding hydrogens is 330 g/mol. The van der Waals surface area contributed by atoms with Gasteiger partial charge in [-0.25, -0.2) is 15.0 Å². The summed E-state index contributed by atoms with van der Waals surface area (Å²) >= 11 is 0. The number of imidazole rings is 1. The molecule has 4 heterocycles. The molecule has 0 bridgehead atoms. The lowest BCUT2D eigenvalue weighted by molar-refractivity contribution is -0.0511. The molecule has 2 unspecified atom stereocenters. The quantitative estimate of drug-likeness (QED) is 0.536. The summed E-state index contributed by atoms with van der Waals surface area (Å²) in [6, 6.07) is 0. The zero-order chi connectivity index (χ0) is 17.4. The molecule has 2 aliphatic heterocycles. The van der Waals surface area contributed by atoms with Crippen molar-refractivity contribution in [3.63, 3.8) is 0 Å². The normalized spacial score (nSPS) is 32.5. The van der Waals surface area contributed by atoms with E-state index in [4.69, 9.17) is 9.47 Å². The van der Waals surface area contributed by atoms with Crippen molar-refractivity contribution in [2.45, 2.75) is 43.5 Å². The maximum atomic E-state index is 10.2. The second kappa shape index (κ2) is 6.81. The molecule has 0 amide bonds. The number of nitrogens with one attached hydrogen (secondary N) is 1. The number of ether oxygens (including phenoxy) is 2. The summed E-state index contributed by atoms with van der Waals surface area (Å²) in [5, 5.41) is 32.6. The zero-order valence-corrected chi connectivity index (χ0v) is 13.5. The minimum atomic E-state index is -1.19. The van der Waals surface area contributed by atoms with Crippen molar-refractivity contribution >= 4 is 17.0 Å².